The Morgan fingerprint density at radius 3 is 2.43 bits per heavy atom. The molecule has 0 bridgehead atoms. The number of hydrazine groups is 1. The van der Waals surface area contributed by atoms with E-state index >= 15 is 0 Å². The number of esters is 1. The number of methoxy groups -OCH3 is 1. The van der Waals surface area contributed by atoms with Gasteiger partial charge in [-0.05, 0) is 35.9 Å². The lowest BCUT2D eigenvalue weighted by atomic mass is 10.1. The third-order valence-electron chi connectivity index (χ3n) is 2.90. The zero-order valence-corrected chi connectivity index (χ0v) is 12.3. The number of hydrogen-bond donors (Lipinski definition) is 3. The second-order valence-corrected chi connectivity index (χ2v) is 4.47. The number of H-pyrrole nitrogens is 1. The molecule has 0 atom stereocenters. The summed E-state index contributed by atoms with van der Waals surface area (Å²) in [6.45, 7) is 0. The highest BCUT2D eigenvalue weighted by Crippen LogP contribution is 2.07. The van der Waals surface area contributed by atoms with Crippen LogP contribution in [0, 0.1) is 0 Å². The lowest BCUT2D eigenvalue weighted by molar-refractivity contribution is -0.117. The highest BCUT2D eigenvalue weighted by Gasteiger charge is 2.06. The second kappa shape index (κ2) is 7.60. The molecule has 2 rings (SSSR count). The lowest BCUT2D eigenvalue weighted by Gasteiger charge is -2.03. The maximum absolute atomic E-state index is 11.6. The molecule has 7 nitrogen and oxygen atoms in total. The average Bonchev–Trinajstić information content (AvgIpc) is 3.12. The van der Waals surface area contributed by atoms with Gasteiger partial charge in [0, 0.05) is 12.3 Å². The number of benzene rings is 1. The van der Waals surface area contributed by atoms with Crippen molar-refractivity contribution in [1.82, 2.24) is 15.8 Å². The van der Waals surface area contributed by atoms with Gasteiger partial charge >= 0.3 is 5.97 Å². The van der Waals surface area contributed by atoms with Crippen LogP contribution in [0.25, 0.3) is 6.08 Å². The number of aromatic amines is 1. The molecule has 7 heteroatoms. The van der Waals surface area contributed by atoms with Gasteiger partial charge in [0.05, 0.1) is 12.7 Å². The van der Waals surface area contributed by atoms with E-state index < -0.39 is 17.8 Å². The minimum atomic E-state index is -0.484. The minimum Gasteiger partial charge on any atom is -0.465 e. The van der Waals surface area contributed by atoms with Gasteiger partial charge in [0.15, 0.2) is 0 Å². The summed E-state index contributed by atoms with van der Waals surface area (Å²) in [6.07, 6.45) is 4.42. The van der Waals surface area contributed by atoms with Gasteiger partial charge in [0.2, 0.25) is 0 Å². The van der Waals surface area contributed by atoms with Gasteiger partial charge in [-0.1, -0.05) is 12.1 Å². The number of ether oxygens (including phenoxy) is 1. The van der Waals surface area contributed by atoms with Crippen LogP contribution >= 0.6 is 0 Å². The lowest BCUT2D eigenvalue weighted by Crippen LogP contribution is -2.40. The molecule has 0 aliphatic carbocycles. The Bertz CT molecular complexity index is 718. The molecule has 0 saturated heterocycles. The predicted octanol–water partition coefficient (Wildman–Crippen LogP) is 1.28. The van der Waals surface area contributed by atoms with Crippen LogP contribution in [-0.2, 0) is 9.53 Å². The SMILES string of the molecule is COC(=O)c1ccc(/C=C/C(=O)NNC(=O)c2ccc[nH]2)cc1. The number of hydrogen-bond acceptors (Lipinski definition) is 4. The van der Waals surface area contributed by atoms with Crippen molar-refractivity contribution >= 4 is 23.9 Å². The first-order valence-electron chi connectivity index (χ1n) is 6.70. The number of carbonyl (C=O) groups is 3. The van der Waals surface area contributed by atoms with Crippen LogP contribution in [0.15, 0.2) is 48.7 Å². The largest absolute Gasteiger partial charge is 0.465 e. The van der Waals surface area contributed by atoms with Crippen LogP contribution in [0.4, 0.5) is 0 Å². The first-order chi connectivity index (χ1) is 11.1. The molecule has 0 unspecified atom stereocenters. The molecule has 1 aromatic carbocycles. The zero-order valence-electron chi connectivity index (χ0n) is 12.3. The first-order valence-corrected chi connectivity index (χ1v) is 6.70. The first kappa shape index (κ1) is 16.0. The van der Waals surface area contributed by atoms with Gasteiger partial charge in [0.1, 0.15) is 5.69 Å². The monoisotopic (exact) mass is 313 g/mol. The Morgan fingerprint density at radius 1 is 1.09 bits per heavy atom. The van der Waals surface area contributed by atoms with Gasteiger partial charge < -0.3 is 9.72 Å². The topological polar surface area (TPSA) is 100 Å². The van der Waals surface area contributed by atoms with E-state index in [4.69, 9.17) is 0 Å². The van der Waals surface area contributed by atoms with Crippen LogP contribution in [-0.4, -0.2) is 29.9 Å². The summed E-state index contributed by atoms with van der Waals surface area (Å²) in [5.74, 6) is -1.36. The second-order valence-electron chi connectivity index (χ2n) is 4.47. The number of amides is 2. The van der Waals surface area contributed by atoms with Gasteiger partial charge in [0.25, 0.3) is 11.8 Å². The van der Waals surface area contributed by atoms with E-state index in [2.05, 4.69) is 20.6 Å². The Labute approximate surface area is 132 Å². The van der Waals surface area contributed by atoms with Gasteiger partial charge in [-0.2, -0.15) is 0 Å². The van der Waals surface area contributed by atoms with Crippen molar-refractivity contribution in [2.45, 2.75) is 0 Å². The van der Waals surface area contributed by atoms with Crippen molar-refractivity contribution in [3.8, 4) is 0 Å². The smallest absolute Gasteiger partial charge is 0.337 e. The number of carbonyl (C=O) groups excluding carboxylic acids is 3. The molecule has 0 spiro atoms. The Kier molecular flexibility index (Phi) is 5.30. The molecular weight excluding hydrogens is 298 g/mol. The van der Waals surface area contributed by atoms with E-state index in [9.17, 15) is 14.4 Å². The Hall–Kier alpha value is -3.35. The molecule has 118 valence electrons. The third kappa shape index (κ3) is 4.57. The summed E-state index contributed by atoms with van der Waals surface area (Å²) in [7, 11) is 1.31. The van der Waals surface area contributed by atoms with Crippen LogP contribution in [0.1, 0.15) is 26.4 Å². The molecule has 0 aliphatic heterocycles. The maximum atomic E-state index is 11.6. The summed E-state index contributed by atoms with van der Waals surface area (Å²) in [4.78, 5) is 37.2. The van der Waals surface area contributed by atoms with Crippen molar-refractivity contribution in [2.24, 2.45) is 0 Å². The molecule has 0 radical (unpaired) electrons. The summed E-state index contributed by atoms with van der Waals surface area (Å²) in [6, 6.07) is 9.79. The maximum Gasteiger partial charge on any atom is 0.337 e. The van der Waals surface area contributed by atoms with Gasteiger partial charge in [-0.15, -0.1) is 0 Å². The van der Waals surface area contributed by atoms with E-state index in [1.54, 1.807) is 48.7 Å². The van der Waals surface area contributed by atoms with Crippen molar-refractivity contribution in [1.29, 1.82) is 0 Å². The molecule has 3 N–H and O–H groups in total. The van der Waals surface area contributed by atoms with Crippen molar-refractivity contribution in [2.75, 3.05) is 7.11 Å². The molecule has 0 saturated carbocycles. The van der Waals surface area contributed by atoms with Gasteiger partial charge in [-0.3, -0.25) is 20.4 Å². The fourth-order valence-corrected chi connectivity index (χ4v) is 1.72. The van der Waals surface area contributed by atoms with E-state index in [1.165, 1.54) is 13.2 Å². The van der Waals surface area contributed by atoms with E-state index in [-0.39, 0.29) is 0 Å². The van der Waals surface area contributed by atoms with Crippen molar-refractivity contribution < 1.29 is 19.1 Å². The number of aromatic nitrogens is 1. The predicted molar refractivity (Wildman–Crippen MR) is 83.2 cm³/mol. The van der Waals surface area contributed by atoms with Crippen LogP contribution in [0.5, 0.6) is 0 Å². The molecule has 23 heavy (non-hydrogen) atoms. The fraction of sp³-hybridized carbons (Fsp3) is 0.0625. The molecule has 0 fully saturated rings. The summed E-state index contributed by atoms with van der Waals surface area (Å²) < 4.78 is 4.60. The normalized spacial score (nSPS) is 10.3. The number of nitrogens with one attached hydrogen (secondary N) is 3. The minimum absolute atomic E-state index is 0.340. The average molecular weight is 313 g/mol. The van der Waals surface area contributed by atoms with Crippen molar-refractivity contribution in [3.63, 3.8) is 0 Å². The third-order valence-corrected chi connectivity index (χ3v) is 2.90. The molecule has 0 aliphatic rings. The molecular formula is C16H15N3O4. The summed E-state index contributed by atoms with van der Waals surface area (Å²) in [5.41, 5.74) is 6.02. The van der Waals surface area contributed by atoms with Crippen molar-refractivity contribution in [3.05, 3.63) is 65.5 Å². The van der Waals surface area contributed by atoms with E-state index in [1.807, 2.05) is 0 Å². The Morgan fingerprint density at radius 2 is 1.83 bits per heavy atom. The Balaban J connectivity index is 1.86. The standard InChI is InChI=1S/C16H15N3O4/c1-23-16(22)12-7-4-11(5-8-12)6-9-14(20)18-19-15(21)13-3-2-10-17-13/h2-10,17H,1H3,(H,18,20)(H,19,21)/b9-6+. The van der Waals surface area contributed by atoms with E-state index in [0.29, 0.717) is 11.3 Å². The molecule has 1 heterocycles. The van der Waals surface area contributed by atoms with Crippen LogP contribution < -0.4 is 10.9 Å². The number of rotatable bonds is 4. The van der Waals surface area contributed by atoms with Crippen LogP contribution in [0.3, 0.4) is 0 Å². The van der Waals surface area contributed by atoms with E-state index in [0.717, 1.165) is 5.56 Å². The molecule has 2 aromatic rings. The fourth-order valence-electron chi connectivity index (χ4n) is 1.72. The summed E-state index contributed by atoms with van der Waals surface area (Å²) >= 11 is 0. The quantitative estimate of drug-likeness (QED) is 0.449. The molecule has 2 amide bonds. The summed E-state index contributed by atoms with van der Waals surface area (Å²) in [5, 5.41) is 0. The highest BCUT2D eigenvalue weighted by molar-refractivity contribution is 5.97. The van der Waals surface area contributed by atoms with Crippen LogP contribution in [0.2, 0.25) is 0 Å². The van der Waals surface area contributed by atoms with Gasteiger partial charge in [-0.25, -0.2) is 4.79 Å². The zero-order chi connectivity index (χ0) is 16.7. The molecule has 1 aromatic heterocycles. The highest BCUT2D eigenvalue weighted by atomic mass is 16.5.